The molecule has 3 aliphatic rings. The van der Waals surface area contributed by atoms with Gasteiger partial charge in [-0.2, -0.15) is 0 Å². The van der Waals surface area contributed by atoms with Crippen molar-refractivity contribution in [2.75, 3.05) is 0 Å². The molecule has 0 aromatic carbocycles. The third-order valence-corrected chi connectivity index (χ3v) is 9.86. The van der Waals surface area contributed by atoms with Crippen molar-refractivity contribution in [3.63, 3.8) is 0 Å². The second kappa shape index (κ2) is 8.71. The summed E-state index contributed by atoms with van der Waals surface area (Å²) in [4.78, 5) is 43.1. The van der Waals surface area contributed by atoms with Crippen LogP contribution in [0.5, 0.6) is 0 Å². The SMILES string of the molecule is C=C[C@@]1(C)C[C@@H](OC(=O)CC(=O)c2cccnc2)[C@]2(C)C(C)CC[C@]3(CCC(=O)C32)[C@@H](C)[C@@H]1O. The zero-order valence-electron chi connectivity index (χ0n) is 20.8. The van der Waals surface area contributed by atoms with Crippen LogP contribution in [0.25, 0.3) is 0 Å². The van der Waals surface area contributed by atoms with Gasteiger partial charge >= 0.3 is 5.97 Å². The van der Waals surface area contributed by atoms with E-state index in [2.05, 4.69) is 32.3 Å². The molecule has 6 nitrogen and oxygen atoms in total. The number of pyridine rings is 1. The molecule has 0 amide bonds. The summed E-state index contributed by atoms with van der Waals surface area (Å²) >= 11 is 0. The maximum atomic E-state index is 13.4. The second-order valence-corrected chi connectivity index (χ2v) is 11.4. The van der Waals surface area contributed by atoms with Crippen molar-refractivity contribution >= 4 is 17.5 Å². The first-order chi connectivity index (χ1) is 16.0. The Kier molecular flexibility index (Phi) is 6.34. The molecular weight excluding hydrogens is 430 g/mol. The smallest absolute Gasteiger partial charge is 0.313 e. The fourth-order valence-corrected chi connectivity index (χ4v) is 7.46. The number of ether oxygens (including phenoxy) is 1. The summed E-state index contributed by atoms with van der Waals surface area (Å²) in [5, 5.41) is 11.6. The predicted octanol–water partition coefficient (Wildman–Crippen LogP) is 4.56. The Morgan fingerprint density at radius 3 is 2.68 bits per heavy atom. The Labute approximate surface area is 202 Å². The normalized spacial score (nSPS) is 41.7. The van der Waals surface area contributed by atoms with Crippen molar-refractivity contribution in [1.82, 2.24) is 4.98 Å². The van der Waals surface area contributed by atoms with E-state index in [0.717, 1.165) is 19.3 Å². The van der Waals surface area contributed by atoms with Gasteiger partial charge in [-0.3, -0.25) is 19.4 Å². The zero-order chi connectivity index (χ0) is 24.9. The van der Waals surface area contributed by atoms with Gasteiger partial charge in [0.1, 0.15) is 18.3 Å². The van der Waals surface area contributed by atoms with Gasteiger partial charge in [-0.15, -0.1) is 6.58 Å². The number of carbonyl (C=O) groups excluding carboxylic acids is 3. The van der Waals surface area contributed by atoms with Crippen LogP contribution in [0.1, 0.15) is 76.6 Å². The fourth-order valence-electron chi connectivity index (χ4n) is 7.46. The van der Waals surface area contributed by atoms with E-state index in [1.54, 1.807) is 24.4 Å². The number of hydrogen-bond donors (Lipinski definition) is 1. The van der Waals surface area contributed by atoms with E-state index in [1.165, 1.54) is 6.20 Å². The number of aliphatic hydroxyl groups is 1. The van der Waals surface area contributed by atoms with Crippen LogP contribution in [0.2, 0.25) is 0 Å². The molecule has 2 unspecified atom stereocenters. The van der Waals surface area contributed by atoms with Gasteiger partial charge in [-0.05, 0) is 55.1 Å². The van der Waals surface area contributed by atoms with Gasteiger partial charge < -0.3 is 9.84 Å². The summed E-state index contributed by atoms with van der Waals surface area (Å²) in [7, 11) is 0. The van der Waals surface area contributed by atoms with Crippen molar-refractivity contribution < 1.29 is 24.2 Å². The summed E-state index contributed by atoms with van der Waals surface area (Å²) in [6, 6.07) is 3.28. The molecule has 3 saturated carbocycles. The van der Waals surface area contributed by atoms with Crippen LogP contribution in [0.3, 0.4) is 0 Å². The van der Waals surface area contributed by atoms with Gasteiger partial charge in [0.2, 0.25) is 0 Å². The van der Waals surface area contributed by atoms with Gasteiger partial charge in [0.05, 0.1) is 6.10 Å². The molecule has 1 N–H and O–H groups in total. The molecule has 0 aliphatic heterocycles. The number of carbonyl (C=O) groups is 3. The quantitative estimate of drug-likeness (QED) is 0.295. The lowest BCUT2D eigenvalue weighted by Gasteiger charge is -2.61. The molecular formula is C28H37NO5. The van der Waals surface area contributed by atoms with Crippen molar-refractivity contribution in [1.29, 1.82) is 0 Å². The minimum absolute atomic E-state index is 0.0809. The van der Waals surface area contributed by atoms with Gasteiger partial charge in [0.15, 0.2) is 5.78 Å². The molecule has 3 aliphatic carbocycles. The largest absolute Gasteiger partial charge is 0.461 e. The summed E-state index contributed by atoms with van der Waals surface area (Å²) in [5.74, 6) is -0.961. The first kappa shape index (κ1) is 24.8. The topological polar surface area (TPSA) is 93.6 Å². The fraction of sp³-hybridized carbons (Fsp3) is 0.643. The lowest BCUT2D eigenvalue weighted by atomic mass is 9.44. The number of hydrogen-bond acceptors (Lipinski definition) is 6. The molecule has 0 radical (unpaired) electrons. The Hall–Kier alpha value is -2.34. The molecule has 2 bridgehead atoms. The van der Waals surface area contributed by atoms with Gasteiger partial charge in [0, 0.05) is 41.1 Å². The monoisotopic (exact) mass is 467 g/mol. The zero-order valence-corrected chi connectivity index (χ0v) is 20.8. The van der Waals surface area contributed by atoms with E-state index < -0.39 is 29.0 Å². The lowest BCUT2D eigenvalue weighted by Crippen LogP contribution is -2.63. The molecule has 1 aromatic rings. The van der Waals surface area contributed by atoms with E-state index in [9.17, 15) is 19.5 Å². The van der Waals surface area contributed by atoms with E-state index >= 15 is 0 Å². The van der Waals surface area contributed by atoms with Crippen molar-refractivity contribution in [2.45, 2.75) is 78.4 Å². The third-order valence-electron chi connectivity index (χ3n) is 9.86. The molecule has 6 heteroatoms. The maximum Gasteiger partial charge on any atom is 0.313 e. The lowest BCUT2D eigenvalue weighted by molar-refractivity contribution is -0.206. The van der Waals surface area contributed by atoms with Crippen LogP contribution >= 0.6 is 0 Å². The summed E-state index contributed by atoms with van der Waals surface area (Å²) in [6.07, 6.45) is 6.46. The third kappa shape index (κ3) is 3.65. The average Bonchev–Trinajstić information content (AvgIpc) is 3.18. The molecule has 184 valence electrons. The minimum Gasteiger partial charge on any atom is -0.461 e. The van der Waals surface area contributed by atoms with Gasteiger partial charge in [0.25, 0.3) is 0 Å². The Morgan fingerprint density at radius 1 is 1.29 bits per heavy atom. The number of nitrogens with zero attached hydrogens (tertiary/aromatic N) is 1. The molecule has 0 spiro atoms. The molecule has 4 rings (SSSR count). The molecule has 3 fully saturated rings. The van der Waals surface area contributed by atoms with Crippen molar-refractivity contribution in [3.05, 3.63) is 42.7 Å². The molecule has 1 aromatic heterocycles. The van der Waals surface area contributed by atoms with E-state index in [1.807, 2.05) is 6.92 Å². The first-order valence-electron chi connectivity index (χ1n) is 12.5. The molecule has 34 heavy (non-hydrogen) atoms. The number of aliphatic hydroxyl groups excluding tert-OH is 1. The van der Waals surface area contributed by atoms with Crippen LogP contribution < -0.4 is 0 Å². The summed E-state index contributed by atoms with van der Waals surface area (Å²) in [6.45, 7) is 12.3. The van der Waals surface area contributed by atoms with Gasteiger partial charge in [-0.25, -0.2) is 0 Å². The van der Waals surface area contributed by atoms with Crippen molar-refractivity contribution in [3.8, 4) is 0 Å². The Morgan fingerprint density at radius 2 is 2.03 bits per heavy atom. The van der Waals surface area contributed by atoms with E-state index in [-0.39, 0.29) is 41.2 Å². The molecule has 8 atom stereocenters. The summed E-state index contributed by atoms with van der Waals surface area (Å²) < 4.78 is 6.12. The minimum atomic E-state index is -0.713. The van der Waals surface area contributed by atoms with E-state index in [0.29, 0.717) is 18.4 Å². The highest BCUT2D eigenvalue weighted by molar-refractivity contribution is 6.05. The van der Waals surface area contributed by atoms with Crippen LogP contribution in [0.15, 0.2) is 37.2 Å². The van der Waals surface area contributed by atoms with Crippen molar-refractivity contribution in [2.24, 2.45) is 34.0 Å². The van der Waals surface area contributed by atoms with Crippen LogP contribution in [0, 0.1) is 34.0 Å². The predicted molar refractivity (Wildman–Crippen MR) is 128 cm³/mol. The van der Waals surface area contributed by atoms with Crippen LogP contribution in [0.4, 0.5) is 0 Å². The first-order valence-corrected chi connectivity index (χ1v) is 12.5. The maximum absolute atomic E-state index is 13.4. The molecule has 1 heterocycles. The molecule has 0 saturated heterocycles. The van der Waals surface area contributed by atoms with Crippen LogP contribution in [-0.2, 0) is 14.3 Å². The number of Topliss-reactive ketones (excluding diaryl/α,β-unsaturated/α-hetero) is 2. The summed E-state index contributed by atoms with van der Waals surface area (Å²) in [5.41, 5.74) is -1.24. The highest BCUT2D eigenvalue weighted by Gasteiger charge is 2.68. The van der Waals surface area contributed by atoms with Gasteiger partial charge in [-0.1, -0.05) is 33.8 Å². The highest BCUT2D eigenvalue weighted by atomic mass is 16.5. The van der Waals surface area contributed by atoms with Crippen LogP contribution in [-0.4, -0.2) is 39.8 Å². The second-order valence-electron chi connectivity index (χ2n) is 11.4. The Bertz CT molecular complexity index is 992. The number of aromatic nitrogens is 1. The number of esters is 1. The highest BCUT2D eigenvalue weighted by Crippen LogP contribution is 2.68. The number of ketones is 2. The average molecular weight is 468 g/mol. The number of rotatable bonds is 5. The standard InChI is InChI=1S/C28H37NO5/c1-6-26(4)15-22(34-23(32)14-21(31)19-8-7-13-29-16-19)27(5)17(2)9-11-28(18(3)25(26)33)12-10-20(30)24(27)28/h6-8,13,16-18,22,24-25,33H,1,9-12,14-15H2,2-5H3/t17?,18-,22+,24?,25-,26-,27-,28-/m0/s1. The Balaban J connectivity index is 1.72. The van der Waals surface area contributed by atoms with E-state index in [4.69, 9.17) is 4.74 Å².